The molecular weight excluding hydrogens is 338 g/mol. The molecule has 27 heavy (non-hydrogen) atoms. The minimum atomic E-state index is 0.400. The molecule has 0 fully saturated rings. The van der Waals surface area contributed by atoms with Gasteiger partial charge in [-0.3, -0.25) is 0 Å². The fourth-order valence-corrected chi connectivity index (χ4v) is 2.86. The topological polar surface area (TPSA) is 102 Å². The van der Waals surface area contributed by atoms with Crippen LogP contribution in [0.15, 0.2) is 60.9 Å². The van der Waals surface area contributed by atoms with Gasteiger partial charge in [0.25, 0.3) is 0 Å². The Morgan fingerprint density at radius 3 is 2.78 bits per heavy atom. The van der Waals surface area contributed by atoms with E-state index in [-0.39, 0.29) is 0 Å². The van der Waals surface area contributed by atoms with Gasteiger partial charge in [0, 0.05) is 29.3 Å². The highest BCUT2D eigenvalue weighted by Crippen LogP contribution is 2.18. The lowest BCUT2D eigenvalue weighted by atomic mass is 10.1. The van der Waals surface area contributed by atoms with Crippen molar-refractivity contribution in [3.8, 4) is 6.07 Å². The third-order valence-corrected chi connectivity index (χ3v) is 4.20. The first-order chi connectivity index (χ1) is 13.3. The first-order valence-corrected chi connectivity index (χ1v) is 8.57. The van der Waals surface area contributed by atoms with E-state index >= 15 is 0 Å². The van der Waals surface area contributed by atoms with E-state index in [1.54, 1.807) is 30.5 Å². The van der Waals surface area contributed by atoms with Crippen LogP contribution in [0.3, 0.4) is 0 Å². The zero-order chi connectivity index (χ0) is 18.5. The minimum Gasteiger partial charge on any atom is -0.368 e. The molecule has 7 nitrogen and oxygen atoms in total. The Hall–Kier alpha value is -3.92. The summed E-state index contributed by atoms with van der Waals surface area (Å²) >= 11 is 0. The van der Waals surface area contributed by atoms with Crippen molar-refractivity contribution < 1.29 is 0 Å². The number of aromatic nitrogens is 4. The minimum absolute atomic E-state index is 0.400. The van der Waals surface area contributed by atoms with Crippen LogP contribution in [0.1, 0.15) is 11.1 Å². The maximum absolute atomic E-state index is 8.85. The molecule has 4 rings (SSSR count). The van der Waals surface area contributed by atoms with Crippen LogP contribution in [0.25, 0.3) is 10.9 Å². The van der Waals surface area contributed by atoms with Crippen molar-refractivity contribution in [3.05, 3.63) is 72.1 Å². The highest BCUT2D eigenvalue weighted by atomic mass is 15.3. The highest BCUT2D eigenvalue weighted by Gasteiger charge is 2.04. The standard InChI is InChI=1S/C20H17N7/c21-11-14-5-7-16(8-6-14)25-20-26-19(13-24-27-20)22-10-9-15-12-23-18-4-2-1-3-17(15)18/h1-8,12-13,23H,9-10H2,(H2,22,25,26,27). The van der Waals surface area contributed by atoms with Crippen LogP contribution in [0.2, 0.25) is 0 Å². The van der Waals surface area contributed by atoms with Gasteiger partial charge in [-0.1, -0.05) is 18.2 Å². The van der Waals surface area contributed by atoms with Crippen LogP contribution in [-0.4, -0.2) is 26.7 Å². The number of aromatic amines is 1. The first-order valence-electron chi connectivity index (χ1n) is 8.57. The fraction of sp³-hybridized carbons (Fsp3) is 0.100. The SMILES string of the molecule is N#Cc1ccc(Nc2nncc(NCCc3c[nH]c4ccccc34)n2)cc1. The molecule has 0 bridgehead atoms. The largest absolute Gasteiger partial charge is 0.368 e. The summed E-state index contributed by atoms with van der Waals surface area (Å²) in [5.41, 5.74) is 3.81. The van der Waals surface area contributed by atoms with Crippen LogP contribution in [0, 0.1) is 11.3 Å². The summed E-state index contributed by atoms with van der Waals surface area (Å²) in [6.07, 6.45) is 4.51. The molecule has 2 aromatic carbocycles. The summed E-state index contributed by atoms with van der Waals surface area (Å²) in [6, 6.07) is 17.4. The van der Waals surface area contributed by atoms with Gasteiger partial charge in [-0.2, -0.15) is 15.3 Å². The summed E-state index contributed by atoms with van der Waals surface area (Å²) in [7, 11) is 0. The van der Waals surface area contributed by atoms with Crippen molar-refractivity contribution in [2.45, 2.75) is 6.42 Å². The van der Waals surface area contributed by atoms with Gasteiger partial charge in [0.2, 0.25) is 5.95 Å². The normalized spacial score (nSPS) is 10.5. The van der Waals surface area contributed by atoms with Crippen molar-refractivity contribution >= 4 is 28.4 Å². The Morgan fingerprint density at radius 2 is 1.93 bits per heavy atom. The van der Waals surface area contributed by atoms with Crippen LogP contribution in [0.4, 0.5) is 17.5 Å². The zero-order valence-corrected chi connectivity index (χ0v) is 14.5. The maximum Gasteiger partial charge on any atom is 0.249 e. The average molecular weight is 355 g/mol. The maximum atomic E-state index is 8.85. The van der Waals surface area contributed by atoms with Crippen molar-refractivity contribution in [1.82, 2.24) is 20.2 Å². The molecule has 2 aromatic heterocycles. The molecule has 0 atom stereocenters. The number of rotatable bonds is 6. The number of H-pyrrole nitrogens is 1. The van der Waals surface area contributed by atoms with E-state index in [2.05, 4.69) is 49.0 Å². The molecule has 0 aliphatic rings. The summed E-state index contributed by atoms with van der Waals surface area (Å²) in [6.45, 7) is 0.733. The van der Waals surface area contributed by atoms with Crippen LogP contribution < -0.4 is 10.6 Å². The Morgan fingerprint density at radius 1 is 1.07 bits per heavy atom. The van der Waals surface area contributed by atoms with E-state index in [1.807, 2.05) is 18.3 Å². The lowest BCUT2D eigenvalue weighted by Crippen LogP contribution is -2.08. The number of hydrogen-bond donors (Lipinski definition) is 3. The van der Waals surface area contributed by atoms with E-state index in [4.69, 9.17) is 5.26 Å². The predicted molar refractivity (Wildman–Crippen MR) is 105 cm³/mol. The fourth-order valence-electron chi connectivity index (χ4n) is 2.86. The van der Waals surface area contributed by atoms with Crippen LogP contribution in [-0.2, 0) is 6.42 Å². The summed E-state index contributed by atoms with van der Waals surface area (Å²) in [4.78, 5) is 7.71. The van der Waals surface area contributed by atoms with E-state index in [0.717, 1.165) is 24.2 Å². The van der Waals surface area contributed by atoms with E-state index in [1.165, 1.54) is 10.9 Å². The Bertz CT molecular complexity index is 1090. The lowest BCUT2D eigenvalue weighted by molar-refractivity contribution is 0.952. The monoisotopic (exact) mass is 355 g/mol. The van der Waals surface area contributed by atoms with Gasteiger partial charge in [0.05, 0.1) is 17.8 Å². The number of para-hydroxylation sites is 1. The third-order valence-electron chi connectivity index (χ3n) is 4.20. The summed E-state index contributed by atoms with van der Waals surface area (Å²) in [5.74, 6) is 1.05. The molecule has 0 saturated heterocycles. The number of fused-ring (bicyclic) bond motifs is 1. The van der Waals surface area contributed by atoms with Gasteiger partial charge in [-0.05, 0) is 42.3 Å². The number of benzene rings is 2. The van der Waals surface area contributed by atoms with E-state index < -0.39 is 0 Å². The predicted octanol–water partition coefficient (Wildman–Crippen LogP) is 3.62. The highest BCUT2D eigenvalue weighted by molar-refractivity contribution is 5.83. The van der Waals surface area contributed by atoms with Crippen LogP contribution >= 0.6 is 0 Å². The average Bonchev–Trinajstić information content (AvgIpc) is 3.12. The molecule has 0 aliphatic heterocycles. The molecule has 0 unspecified atom stereocenters. The van der Waals surface area contributed by atoms with Gasteiger partial charge in [0.15, 0.2) is 5.82 Å². The molecule has 0 aliphatic carbocycles. The van der Waals surface area contributed by atoms with Crippen molar-refractivity contribution in [2.75, 3.05) is 17.2 Å². The molecule has 0 spiro atoms. The Balaban J connectivity index is 1.38. The number of anilines is 3. The number of hydrogen-bond acceptors (Lipinski definition) is 6. The molecule has 132 valence electrons. The number of nitrogens with one attached hydrogen (secondary N) is 3. The molecule has 0 amide bonds. The Labute approximate surface area is 156 Å². The van der Waals surface area contributed by atoms with Crippen molar-refractivity contribution in [3.63, 3.8) is 0 Å². The molecule has 0 saturated carbocycles. The van der Waals surface area contributed by atoms with Crippen molar-refractivity contribution in [1.29, 1.82) is 5.26 Å². The molecule has 4 aromatic rings. The molecule has 3 N–H and O–H groups in total. The molecule has 2 heterocycles. The van der Waals surface area contributed by atoms with Gasteiger partial charge in [-0.15, -0.1) is 5.10 Å². The Kier molecular flexibility index (Phi) is 4.62. The van der Waals surface area contributed by atoms with E-state index in [0.29, 0.717) is 17.3 Å². The smallest absolute Gasteiger partial charge is 0.249 e. The lowest BCUT2D eigenvalue weighted by Gasteiger charge is -2.07. The van der Waals surface area contributed by atoms with Gasteiger partial charge in [-0.25, -0.2) is 0 Å². The molecular formula is C20H17N7. The second-order valence-corrected chi connectivity index (χ2v) is 6.02. The molecule has 0 radical (unpaired) electrons. The summed E-state index contributed by atoms with van der Waals surface area (Å²) < 4.78 is 0. The van der Waals surface area contributed by atoms with Crippen LogP contribution in [0.5, 0.6) is 0 Å². The zero-order valence-electron chi connectivity index (χ0n) is 14.5. The number of nitrogens with zero attached hydrogens (tertiary/aromatic N) is 4. The first kappa shape index (κ1) is 16.5. The van der Waals surface area contributed by atoms with Crippen molar-refractivity contribution in [2.24, 2.45) is 0 Å². The number of nitriles is 1. The van der Waals surface area contributed by atoms with E-state index in [9.17, 15) is 0 Å². The second kappa shape index (κ2) is 7.54. The van der Waals surface area contributed by atoms with Gasteiger partial charge >= 0.3 is 0 Å². The third kappa shape index (κ3) is 3.85. The van der Waals surface area contributed by atoms with Gasteiger partial charge < -0.3 is 15.6 Å². The quantitative estimate of drug-likeness (QED) is 0.488. The van der Waals surface area contributed by atoms with Gasteiger partial charge in [0.1, 0.15) is 0 Å². The second-order valence-electron chi connectivity index (χ2n) is 6.02. The molecule has 7 heteroatoms. The summed E-state index contributed by atoms with van der Waals surface area (Å²) in [5, 5.41) is 24.4.